The van der Waals surface area contributed by atoms with Gasteiger partial charge in [0.05, 0.1) is 23.3 Å². The second-order valence-electron chi connectivity index (χ2n) is 7.79. The normalized spacial score (nSPS) is 21.4. The molecular weight excluding hydrogens is 428 g/mol. The maximum Gasteiger partial charge on any atom is 0.251 e. The Hall–Kier alpha value is -1.87. The number of carbonyl (C=O) groups is 1. The van der Waals surface area contributed by atoms with Crippen molar-refractivity contribution in [2.75, 3.05) is 13.1 Å². The van der Waals surface area contributed by atoms with Crippen molar-refractivity contribution < 1.29 is 22.4 Å². The highest BCUT2D eigenvalue weighted by Crippen LogP contribution is 2.28. The highest BCUT2D eigenvalue weighted by atomic mass is 35.5. The molecule has 30 heavy (non-hydrogen) atoms. The number of halogens is 1. The smallest absolute Gasteiger partial charge is 0.251 e. The second-order valence-corrected chi connectivity index (χ2v) is 10.1. The van der Waals surface area contributed by atoms with Crippen molar-refractivity contribution in [1.82, 2.24) is 9.62 Å². The molecule has 1 amide bonds. The summed E-state index contributed by atoms with van der Waals surface area (Å²) in [4.78, 5) is 12.7. The number of sulfonamides is 1. The van der Waals surface area contributed by atoms with Gasteiger partial charge in [-0.3, -0.25) is 4.79 Å². The molecule has 1 saturated heterocycles. The number of carbonyl (C=O) groups excluding carboxylic acids is 1. The third-order valence-corrected chi connectivity index (χ3v) is 7.40. The van der Waals surface area contributed by atoms with Gasteiger partial charge in [0.1, 0.15) is 16.4 Å². The number of nitrogens with one attached hydrogen (secondary N) is 1. The van der Waals surface area contributed by atoms with Crippen LogP contribution in [0, 0.1) is 13.8 Å². The molecule has 3 unspecified atom stereocenters. The maximum absolute atomic E-state index is 13.2. The Morgan fingerprint density at radius 1 is 1.20 bits per heavy atom. The Morgan fingerprint density at radius 2 is 1.83 bits per heavy atom. The van der Waals surface area contributed by atoms with Gasteiger partial charge < -0.3 is 14.5 Å². The van der Waals surface area contributed by atoms with E-state index in [1.165, 1.54) is 22.5 Å². The summed E-state index contributed by atoms with van der Waals surface area (Å²) >= 11 is 6.22. The summed E-state index contributed by atoms with van der Waals surface area (Å²) in [5.41, 5.74) is 1.09. The molecule has 9 heteroatoms. The SMILES string of the molecule is Cc1cc(C(C)NC(=O)c2ccc(Cl)c(S(=O)(=O)N3CC(C)OC(C)C3)c2)c(C)o1. The molecule has 1 aromatic heterocycles. The van der Waals surface area contributed by atoms with Crippen molar-refractivity contribution in [3.05, 3.63) is 51.9 Å². The Bertz CT molecular complexity index is 1040. The molecular formula is C21H27ClN2O5S. The van der Waals surface area contributed by atoms with E-state index in [1.807, 2.05) is 40.7 Å². The minimum Gasteiger partial charge on any atom is -0.466 e. The highest BCUT2D eigenvalue weighted by Gasteiger charge is 2.34. The molecule has 0 aliphatic carbocycles. The van der Waals surface area contributed by atoms with Crippen LogP contribution in [0.5, 0.6) is 0 Å². The van der Waals surface area contributed by atoms with Gasteiger partial charge in [0.15, 0.2) is 0 Å². The number of amides is 1. The van der Waals surface area contributed by atoms with E-state index in [0.29, 0.717) is 0 Å². The molecule has 7 nitrogen and oxygen atoms in total. The first-order valence-electron chi connectivity index (χ1n) is 9.82. The van der Waals surface area contributed by atoms with Crippen LogP contribution in [0.4, 0.5) is 0 Å². The summed E-state index contributed by atoms with van der Waals surface area (Å²) in [6.45, 7) is 9.64. The lowest BCUT2D eigenvalue weighted by Crippen LogP contribution is -2.48. The number of hydrogen-bond acceptors (Lipinski definition) is 5. The van der Waals surface area contributed by atoms with Crippen molar-refractivity contribution >= 4 is 27.5 Å². The third kappa shape index (κ3) is 4.72. The van der Waals surface area contributed by atoms with Gasteiger partial charge in [0, 0.05) is 24.2 Å². The summed E-state index contributed by atoms with van der Waals surface area (Å²) in [7, 11) is -3.87. The minimum absolute atomic E-state index is 0.0766. The first kappa shape index (κ1) is 22.8. The topological polar surface area (TPSA) is 88.9 Å². The molecule has 3 rings (SSSR count). The summed E-state index contributed by atoms with van der Waals surface area (Å²) < 4.78 is 38.9. The first-order chi connectivity index (χ1) is 14.0. The van der Waals surface area contributed by atoms with Gasteiger partial charge in [-0.05, 0) is 58.9 Å². The summed E-state index contributed by atoms with van der Waals surface area (Å²) in [6, 6.07) is 5.86. The molecule has 3 atom stereocenters. The molecule has 1 N–H and O–H groups in total. The van der Waals surface area contributed by atoms with E-state index in [-0.39, 0.29) is 46.8 Å². The predicted octanol–water partition coefficient (Wildman–Crippen LogP) is 3.84. The van der Waals surface area contributed by atoms with Gasteiger partial charge >= 0.3 is 0 Å². The zero-order chi connectivity index (χ0) is 22.2. The van der Waals surface area contributed by atoms with Gasteiger partial charge in [0.25, 0.3) is 5.91 Å². The molecule has 2 aromatic rings. The average molecular weight is 455 g/mol. The first-order valence-corrected chi connectivity index (χ1v) is 11.6. The van der Waals surface area contributed by atoms with Gasteiger partial charge in [-0.25, -0.2) is 8.42 Å². The van der Waals surface area contributed by atoms with Crippen LogP contribution in [-0.4, -0.2) is 43.9 Å². The molecule has 0 bridgehead atoms. The van der Waals surface area contributed by atoms with Crippen LogP contribution >= 0.6 is 11.6 Å². The Morgan fingerprint density at radius 3 is 2.40 bits per heavy atom. The highest BCUT2D eigenvalue weighted by molar-refractivity contribution is 7.89. The molecule has 0 spiro atoms. The number of ether oxygens (including phenoxy) is 1. The summed E-state index contributed by atoms with van der Waals surface area (Å²) in [6.07, 6.45) is -0.451. The molecule has 164 valence electrons. The maximum atomic E-state index is 13.2. The van der Waals surface area contributed by atoms with Gasteiger partial charge in [-0.2, -0.15) is 4.31 Å². The zero-order valence-electron chi connectivity index (χ0n) is 17.7. The summed E-state index contributed by atoms with van der Waals surface area (Å²) in [5, 5.41) is 2.96. The molecule has 1 aromatic carbocycles. The monoisotopic (exact) mass is 454 g/mol. The quantitative estimate of drug-likeness (QED) is 0.741. The fourth-order valence-corrected chi connectivity index (χ4v) is 5.84. The van der Waals surface area contributed by atoms with Crippen LogP contribution in [0.3, 0.4) is 0 Å². The standard InChI is InChI=1S/C21H27ClN2O5S/c1-12-8-18(16(5)29-12)15(4)23-21(25)17-6-7-19(22)20(9-17)30(26,27)24-10-13(2)28-14(3)11-24/h6-9,13-15H,10-11H2,1-5H3,(H,23,25). The Balaban J connectivity index is 1.85. The van der Waals surface area contributed by atoms with E-state index in [2.05, 4.69) is 5.32 Å². The van der Waals surface area contributed by atoms with Crippen LogP contribution in [0.15, 0.2) is 33.6 Å². The fraction of sp³-hybridized carbons (Fsp3) is 0.476. The van der Waals surface area contributed by atoms with E-state index < -0.39 is 15.9 Å². The van der Waals surface area contributed by atoms with E-state index in [0.717, 1.165) is 17.1 Å². The average Bonchev–Trinajstić information content (AvgIpc) is 2.99. The van der Waals surface area contributed by atoms with E-state index >= 15 is 0 Å². The Kier molecular flexibility index (Phi) is 6.62. The lowest BCUT2D eigenvalue weighted by atomic mass is 10.1. The van der Waals surface area contributed by atoms with E-state index in [9.17, 15) is 13.2 Å². The number of rotatable bonds is 5. The lowest BCUT2D eigenvalue weighted by molar-refractivity contribution is -0.0440. The molecule has 0 radical (unpaired) electrons. The molecule has 1 fully saturated rings. The molecule has 1 aliphatic rings. The lowest BCUT2D eigenvalue weighted by Gasteiger charge is -2.34. The van der Waals surface area contributed by atoms with Crippen molar-refractivity contribution in [2.45, 2.75) is 57.8 Å². The van der Waals surface area contributed by atoms with Crippen molar-refractivity contribution in [3.63, 3.8) is 0 Å². The van der Waals surface area contributed by atoms with Crippen molar-refractivity contribution in [2.24, 2.45) is 0 Å². The number of aryl methyl sites for hydroxylation is 2. The molecule has 2 heterocycles. The van der Waals surface area contributed by atoms with E-state index in [1.54, 1.807) is 0 Å². The van der Waals surface area contributed by atoms with E-state index in [4.69, 9.17) is 20.8 Å². The van der Waals surface area contributed by atoms with Gasteiger partial charge in [-0.15, -0.1) is 0 Å². The summed E-state index contributed by atoms with van der Waals surface area (Å²) in [5.74, 6) is 1.10. The third-order valence-electron chi connectivity index (χ3n) is 5.09. The minimum atomic E-state index is -3.87. The Labute approximate surface area is 182 Å². The van der Waals surface area contributed by atoms with Crippen LogP contribution in [0.1, 0.15) is 54.3 Å². The molecule has 1 aliphatic heterocycles. The van der Waals surface area contributed by atoms with Crippen molar-refractivity contribution in [1.29, 1.82) is 0 Å². The van der Waals surface area contributed by atoms with Crippen LogP contribution in [0.25, 0.3) is 0 Å². The van der Waals surface area contributed by atoms with Crippen LogP contribution in [-0.2, 0) is 14.8 Å². The number of benzene rings is 1. The number of nitrogens with zero attached hydrogens (tertiary/aromatic N) is 1. The van der Waals surface area contributed by atoms with Gasteiger partial charge in [-0.1, -0.05) is 11.6 Å². The number of furan rings is 1. The largest absolute Gasteiger partial charge is 0.466 e. The zero-order valence-corrected chi connectivity index (χ0v) is 19.3. The second kappa shape index (κ2) is 8.70. The van der Waals surface area contributed by atoms with Gasteiger partial charge in [0.2, 0.25) is 10.0 Å². The van der Waals surface area contributed by atoms with Crippen LogP contribution < -0.4 is 5.32 Å². The molecule has 0 saturated carbocycles. The predicted molar refractivity (Wildman–Crippen MR) is 114 cm³/mol. The van der Waals surface area contributed by atoms with Crippen LogP contribution in [0.2, 0.25) is 5.02 Å². The van der Waals surface area contributed by atoms with Crippen molar-refractivity contribution in [3.8, 4) is 0 Å². The fourth-order valence-electron chi connectivity index (χ4n) is 3.75. The number of hydrogen-bond donors (Lipinski definition) is 1. The number of morpholine rings is 1.